The Kier molecular flexibility index (Phi) is 6.71. The third-order valence-corrected chi connectivity index (χ3v) is 6.00. The summed E-state index contributed by atoms with van der Waals surface area (Å²) < 4.78 is 21.8. The lowest BCUT2D eigenvalue weighted by Crippen LogP contribution is -2.43. The van der Waals surface area contributed by atoms with Crippen molar-refractivity contribution in [3.63, 3.8) is 0 Å². The van der Waals surface area contributed by atoms with Crippen molar-refractivity contribution in [1.29, 1.82) is 0 Å². The fourth-order valence-electron chi connectivity index (χ4n) is 4.26. The zero-order valence-corrected chi connectivity index (χ0v) is 19.0. The summed E-state index contributed by atoms with van der Waals surface area (Å²) in [7, 11) is 3.05. The van der Waals surface area contributed by atoms with Gasteiger partial charge in [0, 0.05) is 31.7 Å². The van der Waals surface area contributed by atoms with E-state index in [9.17, 15) is 14.7 Å². The average molecular weight is 456 g/mol. The predicted octanol–water partition coefficient (Wildman–Crippen LogP) is 2.52. The molecule has 0 aliphatic carbocycles. The molecule has 0 radical (unpaired) electrons. The molecule has 3 heterocycles. The number of furan rings is 1. The molecule has 1 aromatic heterocycles. The molecule has 0 saturated carbocycles. The van der Waals surface area contributed by atoms with Crippen LogP contribution in [0.5, 0.6) is 11.5 Å². The number of aliphatic hydroxyl groups excluding tert-OH is 1. The summed E-state index contributed by atoms with van der Waals surface area (Å²) in [5.41, 5.74) is 0.505. The van der Waals surface area contributed by atoms with E-state index in [-0.39, 0.29) is 11.3 Å². The summed E-state index contributed by atoms with van der Waals surface area (Å²) >= 11 is 0. The largest absolute Gasteiger partial charge is 0.503 e. The van der Waals surface area contributed by atoms with Gasteiger partial charge in [-0.15, -0.1) is 0 Å². The van der Waals surface area contributed by atoms with Crippen molar-refractivity contribution in [3.8, 4) is 11.5 Å². The number of Topliss-reactive ketones (excluding diaryl/α,β-unsaturated/α-hetero) is 1. The molecule has 0 bridgehead atoms. The number of methoxy groups -OCH3 is 2. The molecule has 176 valence electrons. The Morgan fingerprint density at radius 2 is 1.88 bits per heavy atom. The minimum Gasteiger partial charge on any atom is -0.503 e. The highest BCUT2D eigenvalue weighted by Crippen LogP contribution is 2.43. The van der Waals surface area contributed by atoms with Crippen LogP contribution in [0.3, 0.4) is 0 Å². The van der Waals surface area contributed by atoms with Crippen molar-refractivity contribution < 1.29 is 33.3 Å². The molecule has 1 aromatic carbocycles. The summed E-state index contributed by atoms with van der Waals surface area (Å²) in [6.45, 7) is 5.38. The lowest BCUT2D eigenvalue weighted by Gasteiger charge is -2.32. The molecule has 0 unspecified atom stereocenters. The lowest BCUT2D eigenvalue weighted by atomic mass is 9.94. The molecule has 4 rings (SSSR count). The number of rotatable bonds is 8. The highest BCUT2D eigenvalue weighted by Gasteiger charge is 2.45. The van der Waals surface area contributed by atoms with Crippen LogP contribution in [-0.2, 0) is 9.53 Å². The van der Waals surface area contributed by atoms with E-state index in [0.29, 0.717) is 49.1 Å². The molecule has 2 aliphatic rings. The topological polar surface area (TPSA) is 102 Å². The van der Waals surface area contributed by atoms with Gasteiger partial charge in [-0.3, -0.25) is 14.5 Å². The Balaban J connectivity index is 1.75. The van der Waals surface area contributed by atoms with Crippen LogP contribution in [0.1, 0.15) is 27.9 Å². The smallest absolute Gasteiger partial charge is 0.290 e. The molecule has 0 spiro atoms. The number of aryl methyl sites for hydroxylation is 1. The highest BCUT2D eigenvalue weighted by atomic mass is 16.5. The van der Waals surface area contributed by atoms with Crippen molar-refractivity contribution in [1.82, 2.24) is 9.80 Å². The Bertz CT molecular complexity index is 1070. The second-order valence-electron chi connectivity index (χ2n) is 7.96. The zero-order valence-electron chi connectivity index (χ0n) is 19.0. The summed E-state index contributed by atoms with van der Waals surface area (Å²) in [5.74, 6) is -0.0986. The lowest BCUT2D eigenvalue weighted by molar-refractivity contribution is -0.129. The molecule has 1 atom stereocenters. The number of nitrogens with zero attached hydrogens (tertiary/aromatic N) is 2. The molecular weight excluding hydrogens is 428 g/mol. The van der Waals surface area contributed by atoms with Crippen LogP contribution in [-0.4, -0.2) is 80.2 Å². The number of benzene rings is 1. The molecular formula is C24H28N2O7. The van der Waals surface area contributed by atoms with Crippen LogP contribution in [0, 0.1) is 6.92 Å². The fourth-order valence-corrected chi connectivity index (χ4v) is 4.26. The van der Waals surface area contributed by atoms with Gasteiger partial charge >= 0.3 is 0 Å². The van der Waals surface area contributed by atoms with Gasteiger partial charge < -0.3 is 28.6 Å². The normalized spacial score (nSPS) is 19.3. The number of ether oxygens (including phenoxy) is 3. The van der Waals surface area contributed by atoms with Crippen molar-refractivity contribution in [2.45, 2.75) is 13.0 Å². The number of aliphatic hydroxyl groups is 1. The zero-order chi connectivity index (χ0) is 23.5. The van der Waals surface area contributed by atoms with E-state index in [1.54, 1.807) is 37.3 Å². The van der Waals surface area contributed by atoms with Crippen molar-refractivity contribution in [3.05, 3.63) is 58.7 Å². The second kappa shape index (κ2) is 9.68. The minimum absolute atomic E-state index is 0.0390. The first kappa shape index (κ1) is 22.9. The number of hydrogen-bond acceptors (Lipinski definition) is 8. The van der Waals surface area contributed by atoms with Crippen LogP contribution in [0.4, 0.5) is 0 Å². The number of amides is 1. The van der Waals surface area contributed by atoms with Gasteiger partial charge in [-0.2, -0.15) is 0 Å². The van der Waals surface area contributed by atoms with Crippen LogP contribution in [0.2, 0.25) is 0 Å². The number of ketones is 1. The summed E-state index contributed by atoms with van der Waals surface area (Å²) in [4.78, 5) is 30.3. The van der Waals surface area contributed by atoms with Gasteiger partial charge in [0.25, 0.3) is 5.91 Å². The maximum Gasteiger partial charge on any atom is 0.290 e. The molecule has 2 aromatic rings. The third-order valence-electron chi connectivity index (χ3n) is 6.00. The van der Waals surface area contributed by atoms with Gasteiger partial charge in [-0.05, 0) is 37.3 Å². The summed E-state index contributed by atoms with van der Waals surface area (Å²) in [6, 6.07) is 7.52. The standard InChI is InChI=1S/C24H28N2O7/c1-15-4-6-19(33-15)22(27)20-21(17-14-16(30-2)5-7-18(17)31-3)26(24(29)23(20)28)9-8-25-10-12-32-13-11-25/h4-7,14,21,28H,8-13H2,1-3H3/t21-/m1/s1. The summed E-state index contributed by atoms with van der Waals surface area (Å²) in [5, 5.41) is 10.8. The molecule has 1 fully saturated rings. The Labute approximate surface area is 192 Å². The number of carbonyl (C=O) groups excluding carboxylic acids is 2. The van der Waals surface area contributed by atoms with E-state index in [4.69, 9.17) is 18.6 Å². The van der Waals surface area contributed by atoms with Crippen molar-refractivity contribution in [2.24, 2.45) is 0 Å². The van der Waals surface area contributed by atoms with Gasteiger partial charge in [0.2, 0.25) is 5.78 Å². The second-order valence-corrected chi connectivity index (χ2v) is 7.96. The average Bonchev–Trinajstić information content (AvgIpc) is 3.38. The van der Waals surface area contributed by atoms with Crippen LogP contribution in [0.15, 0.2) is 46.1 Å². The van der Waals surface area contributed by atoms with Crippen LogP contribution in [0.25, 0.3) is 0 Å². The molecule has 1 N–H and O–H groups in total. The van der Waals surface area contributed by atoms with Gasteiger partial charge in [-0.1, -0.05) is 0 Å². The first-order valence-electron chi connectivity index (χ1n) is 10.8. The third kappa shape index (κ3) is 4.46. The molecule has 2 aliphatic heterocycles. The summed E-state index contributed by atoms with van der Waals surface area (Å²) in [6.07, 6.45) is 0. The van der Waals surface area contributed by atoms with E-state index in [1.165, 1.54) is 19.1 Å². The van der Waals surface area contributed by atoms with Gasteiger partial charge in [0.05, 0.1) is 39.0 Å². The number of morpholine rings is 1. The first-order valence-corrected chi connectivity index (χ1v) is 10.8. The maximum absolute atomic E-state index is 13.4. The Morgan fingerprint density at radius 1 is 1.12 bits per heavy atom. The predicted molar refractivity (Wildman–Crippen MR) is 119 cm³/mol. The highest BCUT2D eigenvalue weighted by molar-refractivity contribution is 6.15. The number of hydrogen-bond donors (Lipinski definition) is 1. The van der Waals surface area contributed by atoms with Crippen molar-refractivity contribution >= 4 is 11.7 Å². The van der Waals surface area contributed by atoms with Gasteiger partial charge in [0.1, 0.15) is 17.3 Å². The van der Waals surface area contributed by atoms with E-state index >= 15 is 0 Å². The quantitative estimate of drug-likeness (QED) is 0.605. The SMILES string of the molecule is COc1ccc(OC)c([C@@H]2C(C(=O)c3ccc(C)o3)=C(O)C(=O)N2CCN2CCOCC2)c1. The van der Waals surface area contributed by atoms with E-state index in [1.807, 2.05) is 0 Å². The molecule has 33 heavy (non-hydrogen) atoms. The molecule has 9 heteroatoms. The number of carbonyl (C=O) groups is 2. The van der Waals surface area contributed by atoms with E-state index < -0.39 is 23.5 Å². The Morgan fingerprint density at radius 3 is 2.52 bits per heavy atom. The first-order chi connectivity index (χ1) is 15.9. The van der Waals surface area contributed by atoms with Gasteiger partial charge in [-0.25, -0.2) is 0 Å². The molecule has 9 nitrogen and oxygen atoms in total. The van der Waals surface area contributed by atoms with E-state index in [0.717, 1.165) is 13.1 Å². The Hall–Kier alpha value is -3.30. The van der Waals surface area contributed by atoms with E-state index in [2.05, 4.69) is 4.90 Å². The van der Waals surface area contributed by atoms with Crippen LogP contribution < -0.4 is 9.47 Å². The fraction of sp³-hybridized carbons (Fsp3) is 0.417. The van der Waals surface area contributed by atoms with Gasteiger partial charge in [0.15, 0.2) is 11.5 Å². The van der Waals surface area contributed by atoms with Crippen LogP contribution >= 0.6 is 0 Å². The minimum atomic E-state index is -0.860. The molecule has 1 amide bonds. The molecule has 1 saturated heterocycles. The van der Waals surface area contributed by atoms with Crippen molar-refractivity contribution in [2.75, 3.05) is 53.6 Å². The monoisotopic (exact) mass is 456 g/mol. The maximum atomic E-state index is 13.4.